The lowest BCUT2D eigenvalue weighted by Gasteiger charge is -2.32. The Hall–Kier alpha value is -2.34. The van der Waals surface area contributed by atoms with Gasteiger partial charge in [-0.1, -0.05) is 12.1 Å². The van der Waals surface area contributed by atoms with E-state index < -0.39 is 0 Å². The molecule has 0 aliphatic carbocycles. The van der Waals surface area contributed by atoms with Crippen LogP contribution in [0.25, 0.3) is 0 Å². The number of hydrogen-bond donors (Lipinski definition) is 0. The molecule has 2 saturated heterocycles. The van der Waals surface area contributed by atoms with Crippen LogP contribution in [0, 0.1) is 12.8 Å². The average Bonchev–Trinajstić information content (AvgIpc) is 3.10. The number of rotatable bonds is 6. The number of amides is 1. The molecule has 1 aromatic carbocycles. The summed E-state index contributed by atoms with van der Waals surface area (Å²) in [6, 6.07) is 7.74. The fourth-order valence-corrected chi connectivity index (χ4v) is 4.62. The molecule has 1 aromatic heterocycles. The molecule has 0 radical (unpaired) electrons. The van der Waals surface area contributed by atoms with Crippen LogP contribution in [0.15, 0.2) is 30.5 Å². The third kappa shape index (κ3) is 4.86. The molecule has 2 aliphatic rings. The first-order valence-electron chi connectivity index (χ1n) is 11.3. The van der Waals surface area contributed by atoms with Crippen LogP contribution < -0.4 is 4.74 Å². The van der Waals surface area contributed by atoms with Crippen LogP contribution in [-0.4, -0.2) is 58.3 Å². The summed E-state index contributed by atoms with van der Waals surface area (Å²) in [4.78, 5) is 17.5. The average molecular weight is 411 g/mol. The number of likely N-dealkylation sites (tertiary alicyclic amines) is 2. The van der Waals surface area contributed by atoms with E-state index in [4.69, 9.17) is 4.74 Å². The first-order valence-corrected chi connectivity index (χ1v) is 11.3. The van der Waals surface area contributed by atoms with Gasteiger partial charge in [0.25, 0.3) is 5.91 Å². The van der Waals surface area contributed by atoms with Gasteiger partial charge in [-0.05, 0) is 57.7 Å². The highest BCUT2D eigenvalue weighted by Crippen LogP contribution is 2.25. The molecule has 1 atom stereocenters. The lowest BCUT2D eigenvalue weighted by atomic mass is 9.98. The molecule has 30 heavy (non-hydrogen) atoms. The van der Waals surface area contributed by atoms with Gasteiger partial charge in [0.05, 0.1) is 18.4 Å². The van der Waals surface area contributed by atoms with E-state index in [-0.39, 0.29) is 5.91 Å². The Morgan fingerprint density at radius 2 is 1.93 bits per heavy atom. The highest BCUT2D eigenvalue weighted by Gasteiger charge is 2.24. The summed E-state index contributed by atoms with van der Waals surface area (Å²) in [6.45, 7) is 7.60. The maximum Gasteiger partial charge on any atom is 0.257 e. The van der Waals surface area contributed by atoms with Gasteiger partial charge in [-0.2, -0.15) is 5.10 Å². The maximum absolute atomic E-state index is 13.0. The Balaban J connectivity index is 1.35. The lowest BCUT2D eigenvalue weighted by Crippen LogP contribution is -2.38. The van der Waals surface area contributed by atoms with E-state index >= 15 is 0 Å². The molecule has 1 amide bonds. The van der Waals surface area contributed by atoms with E-state index in [2.05, 4.69) is 16.9 Å². The molecule has 6 nitrogen and oxygen atoms in total. The van der Waals surface area contributed by atoms with Gasteiger partial charge in [-0.15, -0.1) is 0 Å². The van der Waals surface area contributed by atoms with Crippen molar-refractivity contribution >= 4 is 5.91 Å². The molecule has 0 spiro atoms. The molecule has 3 heterocycles. The van der Waals surface area contributed by atoms with Crippen molar-refractivity contribution in [2.24, 2.45) is 13.0 Å². The first kappa shape index (κ1) is 20.9. The Kier molecular flexibility index (Phi) is 6.72. The van der Waals surface area contributed by atoms with E-state index in [0.29, 0.717) is 18.1 Å². The molecule has 162 valence electrons. The van der Waals surface area contributed by atoms with Gasteiger partial charge in [0.1, 0.15) is 5.75 Å². The quantitative estimate of drug-likeness (QED) is 0.730. The number of benzene rings is 1. The molecule has 6 heteroatoms. The van der Waals surface area contributed by atoms with Gasteiger partial charge >= 0.3 is 0 Å². The van der Waals surface area contributed by atoms with Gasteiger partial charge in [0, 0.05) is 50.4 Å². The van der Waals surface area contributed by atoms with Crippen LogP contribution in [-0.2, 0) is 13.6 Å². The van der Waals surface area contributed by atoms with Crippen molar-refractivity contribution < 1.29 is 9.53 Å². The third-order valence-corrected chi connectivity index (χ3v) is 6.57. The van der Waals surface area contributed by atoms with Crippen LogP contribution in [0.4, 0.5) is 0 Å². The molecule has 0 saturated carbocycles. The summed E-state index contributed by atoms with van der Waals surface area (Å²) >= 11 is 0. The van der Waals surface area contributed by atoms with Gasteiger partial charge < -0.3 is 9.64 Å². The van der Waals surface area contributed by atoms with Crippen LogP contribution in [0.2, 0.25) is 0 Å². The summed E-state index contributed by atoms with van der Waals surface area (Å²) in [5.74, 6) is 1.32. The minimum Gasteiger partial charge on any atom is -0.492 e. The van der Waals surface area contributed by atoms with Crippen molar-refractivity contribution in [3.05, 3.63) is 47.3 Å². The van der Waals surface area contributed by atoms with Crippen LogP contribution >= 0.6 is 0 Å². The molecule has 2 fully saturated rings. The normalized spacial score (nSPS) is 20.3. The second kappa shape index (κ2) is 9.65. The number of hydrogen-bond acceptors (Lipinski definition) is 4. The minimum atomic E-state index is 0.114. The summed E-state index contributed by atoms with van der Waals surface area (Å²) in [5.41, 5.74) is 3.24. The molecule has 4 rings (SSSR count). The largest absolute Gasteiger partial charge is 0.492 e. The molecule has 2 aliphatic heterocycles. The van der Waals surface area contributed by atoms with E-state index in [1.165, 1.54) is 30.5 Å². The van der Waals surface area contributed by atoms with Crippen LogP contribution in [0.5, 0.6) is 5.75 Å². The Labute approximate surface area is 179 Å². The van der Waals surface area contributed by atoms with Crippen molar-refractivity contribution in [2.75, 3.05) is 32.8 Å². The molecule has 0 N–H and O–H groups in total. The zero-order valence-electron chi connectivity index (χ0n) is 18.3. The van der Waals surface area contributed by atoms with E-state index in [9.17, 15) is 4.79 Å². The number of carbonyl (C=O) groups excluding carboxylic acids is 1. The Morgan fingerprint density at radius 1 is 1.13 bits per heavy atom. The number of carbonyl (C=O) groups is 1. The molecule has 1 unspecified atom stereocenters. The van der Waals surface area contributed by atoms with Crippen molar-refractivity contribution in [3.8, 4) is 5.75 Å². The van der Waals surface area contributed by atoms with Gasteiger partial charge in [-0.25, -0.2) is 0 Å². The van der Waals surface area contributed by atoms with Gasteiger partial charge in [0.15, 0.2) is 0 Å². The lowest BCUT2D eigenvalue weighted by molar-refractivity contribution is 0.0716. The predicted molar refractivity (Wildman–Crippen MR) is 118 cm³/mol. The van der Waals surface area contributed by atoms with Crippen molar-refractivity contribution in [1.82, 2.24) is 19.6 Å². The second-order valence-corrected chi connectivity index (χ2v) is 8.78. The van der Waals surface area contributed by atoms with E-state index in [1.54, 1.807) is 0 Å². The van der Waals surface area contributed by atoms with Crippen LogP contribution in [0.1, 0.15) is 53.7 Å². The molecule has 0 bridgehead atoms. The summed E-state index contributed by atoms with van der Waals surface area (Å²) < 4.78 is 8.16. The highest BCUT2D eigenvalue weighted by atomic mass is 16.5. The van der Waals surface area contributed by atoms with Gasteiger partial charge in [-0.3, -0.25) is 14.4 Å². The molecule has 2 aromatic rings. The number of nitrogens with zero attached hydrogens (tertiary/aromatic N) is 4. The third-order valence-electron chi connectivity index (χ3n) is 6.57. The SMILES string of the molecule is Cc1c(CN2CCCC(COc3ccccc3C(=O)N3CCCCC3)C2)cnn1C. The zero-order valence-corrected chi connectivity index (χ0v) is 18.3. The van der Waals surface area contributed by atoms with E-state index in [1.807, 2.05) is 47.1 Å². The standard InChI is InChI=1S/C24H34N4O2/c1-19-21(15-25-26(19)2)17-27-12-8-9-20(16-27)18-30-23-11-5-4-10-22(23)24(29)28-13-6-3-7-14-28/h4-5,10-11,15,20H,3,6-9,12-14,16-18H2,1-2H3. The number of ether oxygens (including phenoxy) is 1. The van der Waals surface area contributed by atoms with Crippen molar-refractivity contribution in [1.29, 1.82) is 0 Å². The first-order chi connectivity index (χ1) is 14.6. The monoisotopic (exact) mass is 410 g/mol. The highest BCUT2D eigenvalue weighted by molar-refractivity contribution is 5.97. The topological polar surface area (TPSA) is 50.6 Å². The number of aromatic nitrogens is 2. The van der Waals surface area contributed by atoms with Crippen molar-refractivity contribution in [2.45, 2.75) is 45.6 Å². The zero-order chi connectivity index (χ0) is 20.9. The minimum absolute atomic E-state index is 0.114. The fraction of sp³-hybridized carbons (Fsp3) is 0.583. The smallest absolute Gasteiger partial charge is 0.257 e. The maximum atomic E-state index is 13.0. The van der Waals surface area contributed by atoms with E-state index in [0.717, 1.165) is 51.3 Å². The fourth-order valence-electron chi connectivity index (χ4n) is 4.62. The second-order valence-electron chi connectivity index (χ2n) is 8.78. The number of piperidine rings is 2. The summed E-state index contributed by atoms with van der Waals surface area (Å²) in [6.07, 6.45) is 7.76. The summed E-state index contributed by atoms with van der Waals surface area (Å²) in [7, 11) is 1.99. The summed E-state index contributed by atoms with van der Waals surface area (Å²) in [5, 5.41) is 4.37. The number of para-hydroxylation sites is 1. The van der Waals surface area contributed by atoms with Gasteiger partial charge in [0.2, 0.25) is 0 Å². The van der Waals surface area contributed by atoms with Crippen LogP contribution in [0.3, 0.4) is 0 Å². The molecular formula is C24H34N4O2. The predicted octanol–water partition coefficient (Wildman–Crippen LogP) is 3.65. The molecular weight excluding hydrogens is 376 g/mol. The Morgan fingerprint density at radius 3 is 2.70 bits per heavy atom. The van der Waals surface area contributed by atoms with Crippen molar-refractivity contribution in [3.63, 3.8) is 0 Å². The Bertz CT molecular complexity index is 857. The number of aryl methyl sites for hydroxylation is 1.